The molecule has 0 aliphatic carbocycles. The average molecular weight is 304 g/mol. The predicted octanol–water partition coefficient (Wildman–Crippen LogP) is 5.12. The number of pyridine rings is 1. The molecule has 0 aliphatic rings. The van der Waals surface area contributed by atoms with Crippen molar-refractivity contribution < 1.29 is 0 Å². The summed E-state index contributed by atoms with van der Waals surface area (Å²) in [5.74, 6) is 0. The molecule has 0 unspecified atom stereocenters. The molecule has 0 amide bonds. The van der Waals surface area contributed by atoms with Gasteiger partial charge in [-0.15, -0.1) is 11.3 Å². The van der Waals surface area contributed by atoms with E-state index in [-0.39, 0.29) is 0 Å². The lowest BCUT2D eigenvalue weighted by molar-refractivity contribution is 0.846. The second kappa shape index (κ2) is 5.43. The van der Waals surface area contributed by atoms with Crippen LogP contribution in [0.1, 0.15) is 11.3 Å². The van der Waals surface area contributed by atoms with Gasteiger partial charge in [0.05, 0.1) is 21.6 Å². The van der Waals surface area contributed by atoms with Crippen LogP contribution in [0.3, 0.4) is 0 Å². The van der Waals surface area contributed by atoms with E-state index in [0.717, 1.165) is 17.8 Å². The zero-order chi connectivity index (χ0) is 14.9. The van der Waals surface area contributed by atoms with Crippen molar-refractivity contribution in [3.8, 4) is 10.6 Å². The summed E-state index contributed by atoms with van der Waals surface area (Å²) in [7, 11) is 0. The Labute approximate surface area is 133 Å². The summed E-state index contributed by atoms with van der Waals surface area (Å²) in [6.45, 7) is 2.90. The Morgan fingerprint density at radius 3 is 2.64 bits per heavy atom. The summed E-state index contributed by atoms with van der Waals surface area (Å²) in [6, 6.07) is 21.3. The number of rotatable bonds is 3. The topological polar surface area (TPSA) is 17.8 Å². The fourth-order valence-corrected chi connectivity index (χ4v) is 3.56. The minimum atomic E-state index is 0.863. The van der Waals surface area contributed by atoms with Gasteiger partial charge in [-0.1, -0.05) is 36.4 Å². The fourth-order valence-electron chi connectivity index (χ4n) is 2.81. The summed E-state index contributed by atoms with van der Waals surface area (Å²) in [5.41, 5.74) is 5.87. The Morgan fingerprint density at radius 1 is 1.00 bits per heavy atom. The van der Waals surface area contributed by atoms with Crippen molar-refractivity contribution in [1.82, 2.24) is 9.55 Å². The Morgan fingerprint density at radius 2 is 1.86 bits per heavy atom. The van der Waals surface area contributed by atoms with E-state index in [0.29, 0.717) is 0 Å². The van der Waals surface area contributed by atoms with Gasteiger partial charge in [0.2, 0.25) is 0 Å². The maximum atomic E-state index is 4.69. The second-order valence-electron chi connectivity index (χ2n) is 5.44. The normalized spacial score (nSPS) is 11.1. The first-order valence-corrected chi connectivity index (χ1v) is 8.24. The molecular formula is C19H16N2S. The van der Waals surface area contributed by atoms with Crippen molar-refractivity contribution in [3.63, 3.8) is 0 Å². The van der Waals surface area contributed by atoms with E-state index in [1.165, 1.54) is 21.7 Å². The molecular weight excluding hydrogens is 288 g/mol. The van der Waals surface area contributed by atoms with Crippen LogP contribution >= 0.6 is 11.3 Å². The quantitative estimate of drug-likeness (QED) is 0.513. The first-order valence-electron chi connectivity index (χ1n) is 7.36. The van der Waals surface area contributed by atoms with Gasteiger partial charge >= 0.3 is 0 Å². The number of hydrogen-bond donors (Lipinski definition) is 0. The summed E-state index contributed by atoms with van der Waals surface area (Å²) in [6.07, 6.45) is 0. The highest BCUT2D eigenvalue weighted by atomic mass is 32.1. The maximum Gasteiger partial charge on any atom is 0.0891 e. The Balaban J connectivity index is 1.92. The SMILES string of the molecule is Cc1ccc2c(cc(-c3cccs3)n2Cc2ccccc2)n1. The van der Waals surface area contributed by atoms with E-state index in [4.69, 9.17) is 4.98 Å². The van der Waals surface area contributed by atoms with Gasteiger partial charge in [-0.2, -0.15) is 0 Å². The van der Waals surface area contributed by atoms with Gasteiger partial charge in [0.25, 0.3) is 0 Å². The number of thiophene rings is 1. The lowest BCUT2D eigenvalue weighted by Crippen LogP contribution is -2.01. The van der Waals surface area contributed by atoms with Crippen molar-refractivity contribution in [2.24, 2.45) is 0 Å². The number of fused-ring (bicyclic) bond motifs is 1. The first-order chi connectivity index (χ1) is 10.8. The van der Waals surface area contributed by atoms with Gasteiger partial charge in [0.1, 0.15) is 0 Å². The number of nitrogens with zero attached hydrogens (tertiary/aromatic N) is 2. The fraction of sp³-hybridized carbons (Fsp3) is 0.105. The van der Waals surface area contributed by atoms with E-state index in [1.807, 2.05) is 6.92 Å². The molecule has 0 bridgehead atoms. The largest absolute Gasteiger partial charge is 0.334 e. The highest BCUT2D eigenvalue weighted by Gasteiger charge is 2.12. The van der Waals surface area contributed by atoms with Gasteiger partial charge in [-0.3, -0.25) is 4.98 Å². The van der Waals surface area contributed by atoms with Gasteiger partial charge in [0, 0.05) is 12.2 Å². The van der Waals surface area contributed by atoms with Crippen LogP contribution in [-0.4, -0.2) is 9.55 Å². The van der Waals surface area contributed by atoms with Crippen LogP contribution in [0.15, 0.2) is 66.0 Å². The second-order valence-corrected chi connectivity index (χ2v) is 6.38. The number of aryl methyl sites for hydroxylation is 1. The van der Waals surface area contributed by atoms with Gasteiger partial charge < -0.3 is 4.57 Å². The van der Waals surface area contributed by atoms with Gasteiger partial charge in [-0.05, 0) is 42.1 Å². The van der Waals surface area contributed by atoms with Crippen LogP contribution in [0.4, 0.5) is 0 Å². The number of aromatic nitrogens is 2. The molecule has 0 saturated carbocycles. The molecule has 0 atom stereocenters. The molecule has 2 nitrogen and oxygen atoms in total. The molecule has 0 fully saturated rings. The zero-order valence-corrected chi connectivity index (χ0v) is 13.2. The van der Waals surface area contributed by atoms with Gasteiger partial charge in [0.15, 0.2) is 0 Å². The van der Waals surface area contributed by atoms with E-state index >= 15 is 0 Å². The van der Waals surface area contributed by atoms with Crippen LogP contribution in [0.25, 0.3) is 21.6 Å². The van der Waals surface area contributed by atoms with E-state index in [2.05, 4.69) is 70.6 Å². The smallest absolute Gasteiger partial charge is 0.0891 e. The number of hydrogen-bond acceptors (Lipinski definition) is 2. The molecule has 0 radical (unpaired) electrons. The molecule has 0 aliphatic heterocycles. The van der Waals surface area contributed by atoms with E-state index < -0.39 is 0 Å². The highest BCUT2D eigenvalue weighted by molar-refractivity contribution is 7.13. The van der Waals surface area contributed by atoms with Crippen molar-refractivity contribution in [3.05, 3.63) is 77.3 Å². The van der Waals surface area contributed by atoms with Crippen LogP contribution in [0, 0.1) is 6.92 Å². The van der Waals surface area contributed by atoms with Gasteiger partial charge in [-0.25, -0.2) is 0 Å². The van der Waals surface area contributed by atoms with Crippen LogP contribution in [-0.2, 0) is 6.54 Å². The zero-order valence-electron chi connectivity index (χ0n) is 12.4. The van der Waals surface area contributed by atoms with Crippen molar-refractivity contribution >= 4 is 22.4 Å². The average Bonchev–Trinajstić information content (AvgIpc) is 3.16. The third kappa shape index (κ3) is 2.34. The minimum Gasteiger partial charge on any atom is -0.334 e. The minimum absolute atomic E-state index is 0.863. The molecule has 4 rings (SSSR count). The van der Waals surface area contributed by atoms with Crippen molar-refractivity contribution in [1.29, 1.82) is 0 Å². The third-order valence-corrected chi connectivity index (χ3v) is 4.75. The molecule has 3 heterocycles. The molecule has 3 heteroatoms. The highest BCUT2D eigenvalue weighted by Crippen LogP contribution is 2.31. The summed E-state index contributed by atoms with van der Waals surface area (Å²) in [4.78, 5) is 5.98. The monoisotopic (exact) mass is 304 g/mol. The Kier molecular flexibility index (Phi) is 3.28. The molecule has 0 saturated heterocycles. The van der Waals surface area contributed by atoms with Crippen LogP contribution < -0.4 is 0 Å². The van der Waals surface area contributed by atoms with Crippen LogP contribution in [0.5, 0.6) is 0 Å². The van der Waals surface area contributed by atoms with E-state index in [9.17, 15) is 0 Å². The van der Waals surface area contributed by atoms with Crippen molar-refractivity contribution in [2.45, 2.75) is 13.5 Å². The summed E-state index contributed by atoms with van der Waals surface area (Å²) < 4.78 is 2.36. The Bertz CT molecular complexity index is 905. The third-order valence-electron chi connectivity index (χ3n) is 3.85. The summed E-state index contributed by atoms with van der Waals surface area (Å²) >= 11 is 1.77. The molecule has 3 aromatic heterocycles. The predicted molar refractivity (Wildman–Crippen MR) is 93.3 cm³/mol. The Hall–Kier alpha value is -2.39. The summed E-state index contributed by atoms with van der Waals surface area (Å²) in [5, 5.41) is 2.12. The maximum absolute atomic E-state index is 4.69. The van der Waals surface area contributed by atoms with E-state index in [1.54, 1.807) is 11.3 Å². The standard InChI is InChI=1S/C19H16N2S/c1-14-9-10-17-16(20-14)12-18(19-8-5-11-22-19)21(17)13-15-6-3-2-4-7-15/h2-12H,13H2,1H3. The molecule has 108 valence electrons. The first kappa shape index (κ1) is 13.3. The lowest BCUT2D eigenvalue weighted by Gasteiger charge is -2.10. The van der Waals surface area contributed by atoms with Crippen molar-refractivity contribution in [2.75, 3.05) is 0 Å². The molecule has 0 N–H and O–H groups in total. The molecule has 4 aromatic rings. The molecule has 0 spiro atoms. The van der Waals surface area contributed by atoms with Crippen LogP contribution in [0.2, 0.25) is 0 Å². The molecule has 1 aromatic carbocycles. The molecule has 22 heavy (non-hydrogen) atoms. The lowest BCUT2D eigenvalue weighted by atomic mass is 10.2. The number of benzene rings is 1.